The van der Waals surface area contributed by atoms with Crippen LogP contribution in [0, 0.1) is 0 Å². The molecular formula is C16H25N3O2. The van der Waals surface area contributed by atoms with E-state index in [1.54, 1.807) is 14.2 Å². The molecule has 0 aliphatic heterocycles. The molecule has 1 aliphatic rings. The lowest BCUT2D eigenvalue weighted by Gasteiger charge is -2.12. The largest absolute Gasteiger partial charge is 0.493 e. The fraction of sp³-hybridized carbons (Fsp3) is 0.562. The van der Waals surface area contributed by atoms with Gasteiger partial charge in [0, 0.05) is 12.6 Å². The van der Waals surface area contributed by atoms with Crippen molar-refractivity contribution in [2.75, 3.05) is 20.8 Å². The van der Waals surface area contributed by atoms with E-state index in [2.05, 4.69) is 10.3 Å². The van der Waals surface area contributed by atoms with Crippen molar-refractivity contribution in [3.05, 3.63) is 23.8 Å². The van der Waals surface area contributed by atoms with Crippen LogP contribution >= 0.6 is 0 Å². The quantitative estimate of drug-likeness (QED) is 0.622. The molecule has 2 rings (SSSR count). The van der Waals surface area contributed by atoms with Crippen LogP contribution in [-0.2, 0) is 6.42 Å². The standard InChI is InChI=1S/C16H25N3O2/c1-20-14-8-7-12(11-15(14)21-2)9-10-18-16(17)19-13-5-3-4-6-13/h7-8,11,13H,3-6,9-10H2,1-2H3,(H3,17,18,19). The van der Waals surface area contributed by atoms with Crippen LogP contribution in [0.2, 0.25) is 0 Å². The van der Waals surface area contributed by atoms with Crippen molar-refractivity contribution >= 4 is 5.96 Å². The van der Waals surface area contributed by atoms with Gasteiger partial charge in [-0.1, -0.05) is 18.9 Å². The number of nitrogens with two attached hydrogens (primary N) is 1. The van der Waals surface area contributed by atoms with Crippen molar-refractivity contribution in [2.24, 2.45) is 10.7 Å². The Morgan fingerprint density at radius 2 is 1.95 bits per heavy atom. The van der Waals surface area contributed by atoms with E-state index in [1.807, 2.05) is 18.2 Å². The van der Waals surface area contributed by atoms with E-state index in [0.29, 0.717) is 18.5 Å². The lowest BCUT2D eigenvalue weighted by molar-refractivity contribution is 0.354. The lowest BCUT2D eigenvalue weighted by Crippen LogP contribution is -2.38. The van der Waals surface area contributed by atoms with Crippen molar-refractivity contribution in [3.63, 3.8) is 0 Å². The molecule has 0 spiro atoms. The van der Waals surface area contributed by atoms with Gasteiger partial charge < -0.3 is 20.5 Å². The Kier molecular flexibility index (Phi) is 5.72. The van der Waals surface area contributed by atoms with E-state index in [1.165, 1.54) is 25.7 Å². The highest BCUT2D eigenvalue weighted by atomic mass is 16.5. The van der Waals surface area contributed by atoms with Gasteiger partial charge in [0.25, 0.3) is 0 Å². The monoisotopic (exact) mass is 291 g/mol. The van der Waals surface area contributed by atoms with Gasteiger partial charge in [0.2, 0.25) is 0 Å². The molecular weight excluding hydrogens is 266 g/mol. The van der Waals surface area contributed by atoms with Crippen LogP contribution in [0.1, 0.15) is 31.2 Å². The average Bonchev–Trinajstić information content (AvgIpc) is 2.99. The first kappa shape index (κ1) is 15.5. The molecule has 0 radical (unpaired) electrons. The van der Waals surface area contributed by atoms with Crippen LogP contribution in [0.15, 0.2) is 23.2 Å². The number of ether oxygens (including phenoxy) is 2. The Morgan fingerprint density at radius 3 is 2.62 bits per heavy atom. The van der Waals surface area contributed by atoms with Crippen molar-refractivity contribution in [1.82, 2.24) is 5.32 Å². The van der Waals surface area contributed by atoms with E-state index >= 15 is 0 Å². The highest BCUT2D eigenvalue weighted by molar-refractivity contribution is 5.78. The van der Waals surface area contributed by atoms with Crippen molar-refractivity contribution in [1.29, 1.82) is 0 Å². The molecule has 0 saturated heterocycles. The van der Waals surface area contributed by atoms with Crippen LogP contribution in [0.3, 0.4) is 0 Å². The van der Waals surface area contributed by atoms with Gasteiger partial charge in [0.15, 0.2) is 17.5 Å². The van der Waals surface area contributed by atoms with Gasteiger partial charge in [-0.25, -0.2) is 0 Å². The Bertz CT molecular complexity index is 482. The summed E-state index contributed by atoms with van der Waals surface area (Å²) in [6, 6.07) is 6.43. The fourth-order valence-corrected chi connectivity index (χ4v) is 2.67. The molecule has 0 aromatic heterocycles. The molecule has 116 valence electrons. The number of guanidine groups is 1. The van der Waals surface area contributed by atoms with E-state index in [9.17, 15) is 0 Å². The Hall–Kier alpha value is -1.91. The van der Waals surface area contributed by atoms with Gasteiger partial charge in [-0.15, -0.1) is 0 Å². The van der Waals surface area contributed by atoms with Gasteiger partial charge in [0.05, 0.1) is 14.2 Å². The third-order valence-corrected chi connectivity index (χ3v) is 3.84. The summed E-state index contributed by atoms with van der Waals surface area (Å²) < 4.78 is 10.5. The summed E-state index contributed by atoms with van der Waals surface area (Å²) in [5.41, 5.74) is 7.07. The number of nitrogens with zero attached hydrogens (tertiary/aromatic N) is 1. The number of rotatable bonds is 6. The summed E-state index contributed by atoms with van der Waals surface area (Å²) in [4.78, 5) is 4.39. The zero-order valence-electron chi connectivity index (χ0n) is 12.9. The minimum absolute atomic E-state index is 0.509. The van der Waals surface area contributed by atoms with E-state index in [-0.39, 0.29) is 0 Å². The summed E-state index contributed by atoms with van der Waals surface area (Å²) in [5.74, 6) is 2.05. The lowest BCUT2D eigenvalue weighted by atomic mass is 10.1. The summed E-state index contributed by atoms with van der Waals surface area (Å²) in [5, 5.41) is 3.29. The minimum atomic E-state index is 0.509. The third-order valence-electron chi connectivity index (χ3n) is 3.84. The van der Waals surface area contributed by atoms with Crippen LogP contribution < -0.4 is 20.5 Å². The predicted molar refractivity (Wildman–Crippen MR) is 85.1 cm³/mol. The second kappa shape index (κ2) is 7.76. The summed E-state index contributed by atoms with van der Waals surface area (Å²) in [7, 11) is 3.28. The van der Waals surface area contributed by atoms with Crippen molar-refractivity contribution in [2.45, 2.75) is 38.1 Å². The number of hydrogen-bond donors (Lipinski definition) is 2. The van der Waals surface area contributed by atoms with Gasteiger partial charge in [-0.2, -0.15) is 0 Å². The molecule has 1 aromatic rings. The maximum absolute atomic E-state index is 5.91. The number of hydrogen-bond acceptors (Lipinski definition) is 3. The maximum atomic E-state index is 5.91. The molecule has 1 fully saturated rings. The summed E-state index contributed by atoms with van der Waals surface area (Å²) in [6.07, 6.45) is 5.80. The first-order chi connectivity index (χ1) is 10.2. The zero-order chi connectivity index (χ0) is 15.1. The third kappa shape index (κ3) is 4.55. The minimum Gasteiger partial charge on any atom is -0.493 e. The number of methoxy groups -OCH3 is 2. The first-order valence-electron chi connectivity index (χ1n) is 7.50. The molecule has 0 heterocycles. The molecule has 1 saturated carbocycles. The molecule has 1 aromatic carbocycles. The zero-order valence-corrected chi connectivity index (χ0v) is 12.9. The molecule has 5 heteroatoms. The number of benzene rings is 1. The molecule has 3 N–H and O–H groups in total. The van der Waals surface area contributed by atoms with Crippen LogP contribution in [0.4, 0.5) is 0 Å². The number of aliphatic imine (C=N–C) groups is 1. The SMILES string of the molecule is COc1ccc(CCN=C(N)NC2CCCC2)cc1OC. The normalized spacial score (nSPS) is 16.0. The highest BCUT2D eigenvalue weighted by Crippen LogP contribution is 2.27. The van der Waals surface area contributed by atoms with Gasteiger partial charge in [0.1, 0.15) is 0 Å². The second-order valence-corrected chi connectivity index (χ2v) is 5.33. The molecule has 0 atom stereocenters. The topological polar surface area (TPSA) is 68.9 Å². The molecule has 1 aliphatic carbocycles. The first-order valence-corrected chi connectivity index (χ1v) is 7.50. The van der Waals surface area contributed by atoms with Gasteiger partial charge in [-0.3, -0.25) is 4.99 Å². The molecule has 0 amide bonds. The summed E-state index contributed by atoms with van der Waals surface area (Å²) >= 11 is 0. The van der Waals surface area contributed by atoms with Crippen LogP contribution in [0.25, 0.3) is 0 Å². The molecule has 21 heavy (non-hydrogen) atoms. The van der Waals surface area contributed by atoms with Gasteiger partial charge in [-0.05, 0) is 37.0 Å². The predicted octanol–water partition coefficient (Wildman–Crippen LogP) is 2.09. The van der Waals surface area contributed by atoms with Crippen LogP contribution in [0.5, 0.6) is 11.5 Å². The molecule has 5 nitrogen and oxygen atoms in total. The Labute approximate surface area is 126 Å². The fourth-order valence-electron chi connectivity index (χ4n) is 2.67. The Morgan fingerprint density at radius 1 is 1.24 bits per heavy atom. The van der Waals surface area contributed by atoms with Crippen LogP contribution in [-0.4, -0.2) is 32.8 Å². The molecule has 0 unspecified atom stereocenters. The summed E-state index contributed by atoms with van der Waals surface area (Å²) in [6.45, 7) is 0.668. The van der Waals surface area contributed by atoms with Crippen molar-refractivity contribution < 1.29 is 9.47 Å². The van der Waals surface area contributed by atoms with E-state index < -0.39 is 0 Å². The average molecular weight is 291 g/mol. The van der Waals surface area contributed by atoms with Gasteiger partial charge >= 0.3 is 0 Å². The van der Waals surface area contributed by atoms with E-state index in [0.717, 1.165) is 23.5 Å². The molecule has 0 bridgehead atoms. The number of nitrogens with one attached hydrogen (secondary N) is 1. The highest BCUT2D eigenvalue weighted by Gasteiger charge is 2.14. The Balaban J connectivity index is 1.84. The smallest absolute Gasteiger partial charge is 0.188 e. The van der Waals surface area contributed by atoms with E-state index in [4.69, 9.17) is 15.2 Å². The van der Waals surface area contributed by atoms with Crippen molar-refractivity contribution in [3.8, 4) is 11.5 Å². The second-order valence-electron chi connectivity index (χ2n) is 5.33. The maximum Gasteiger partial charge on any atom is 0.188 e.